The van der Waals surface area contributed by atoms with Crippen molar-refractivity contribution in [3.05, 3.63) is 66.5 Å². The lowest BCUT2D eigenvalue weighted by Gasteiger charge is -2.13. The number of carbonyl (C=O) groups excluding carboxylic acids is 1. The second-order valence-corrected chi connectivity index (χ2v) is 6.52. The molecule has 0 radical (unpaired) electrons. The number of methoxy groups -OCH3 is 2. The molecule has 1 aromatic heterocycles. The van der Waals surface area contributed by atoms with E-state index in [0.29, 0.717) is 17.2 Å². The summed E-state index contributed by atoms with van der Waals surface area (Å²) in [5.41, 5.74) is 3.69. The topological polar surface area (TPSA) is 75.7 Å². The number of anilines is 4. The number of nitrogens with zero attached hydrogens (tertiary/aromatic N) is 2. The van der Waals surface area contributed by atoms with Crippen LogP contribution in [0.15, 0.2) is 60.8 Å². The van der Waals surface area contributed by atoms with Crippen LogP contribution in [0, 0.1) is 0 Å². The third kappa shape index (κ3) is 4.95. The van der Waals surface area contributed by atoms with Crippen LogP contribution in [0.3, 0.4) is 0 Å². The molecule has 0 atom stereocenters. The zero-order valence-corrected chi connectivity index (χ0v) is 16.9. The maximum atomic E-state index is 12.4. The normalized spacial score (nSPS) is 10.2. The fourth-order valence-corrected chi connectivity index (χ4v) is 2.72. The first-order valence-electron chi connectivity index (χ1n) is 9.04. The summed E-state index contributed by atoms with van der Waals surface area (Å²) in [6.45, 7) is 0. The van der Waals surface area contributed by atoms with Gasteiger partial charge in [0.2, 0.25) is 0 Å². The average molecular weight is 392 g/mol. The predicted octanol–water partition coefficient (Wildman–Crippen LogP) is 4.16. The van der Waals surface area contributed by atoms with Crippen LogP contribution in [0.4, 0.5) is 22.7 Å². The molecule has 29 heavy (non-hydrogen) atoms. The molecule has 0 bridgehead atoms. The molecule has 3 rings (SSSR count). The van der Waals surface area contributed by atoms with Gasteiger partial charge in [-0.1, -0.05) is 0 Å². The molecular formula is C22H24N4O3. The molecule has 0 aliphatic rings. The molecule has 7 nitrogen and oxygen atoms in total. The van der Waals surface area contributed by atoms with Gasteiger partial charge in [0, 0.05) is 37.2 Å². The number of hydrogen-bond acceptors (Lipinski definition) is 6. The van der Waals surface area contributed by atoms with E-state index >= 15 is 0 Å². The summed E-state index contributed by atoms with van der Waals surface area (Å²) >= 11 is 0. The molecule has 1 heterocycles. The molecule has 0 saturated carbocycles. The van der Waals surface area contributed by atoms with Crippen molar-refractivity contribution in [2.24, 2.45) is 0 Å². The molecule has 0 fully saturated rings. The lowest BCUT2D eigenvalue weighted by molar-refractivity contribution is 0.102. The Morgan fingerprint density at radius 3 is 2.10 bits per heavy atom. The van der Waals surface area contributed by atoms with E-state index in [1.54, 1.807) is 32.5 Å². The van der Waals surface area contributed by atoms with Gasteiger partial charge in [0.25, 0.3) is 5.91 Å². The van der Waals surface area contributed by atoms with Crippen LogP contribution < -0.4 is 25.0 Å². The average Bonchev–Trinajstić information content (AvgIpc) is 2.74. The number of nitrogens with one attached hydrogen (secondary N) is 2. The zero-order valence-electron chi connectivity index (χ0n) is 16.9. The van der Waals surface area contributed by atoms with Gasteiger partial charge in [-0.3, -0.25) is 4.79 Å². The summed E-state index contributed by atoms with van der Waals surface area (Å²) in [4.78, 5) is 18.7. The smallest absolute Gasteiger partial charge is 0.274 e. The summed E-state index contributed by atoms with van der Waals surface area (Å²) in [5.74, 6) is 1.02. The Labute approximate surface area is 170 Å². The summed E-state index contributed by atoms with van der Waals surface area (Å²) in [6.07, 6.45) is 1.61. The minimum Gasteiger partial charge on any atom is -0.493 e. The number of benzene rings is 2. The highest BCUT2D eigenvalue weighted by molar-refractivity contribution is 6.03. The summed E-state index contributed by atoms with van der Waals surface area (Å²) in [7, 11) is 7.12. The van der Waals surface area contributed by atoms with Crippen molar-refractivity contribution in [2.75, 3.05) is 43.8 Å². The highest BCUT2D eigenvalue weighted by Gasteiger charge is 2.09. The van der Waals surface area contributed by atoms with Gasteiger partial charge in [-0.15, -0.1) is 0 Å². The van der Waals surface area contributed by atoms with Gasteiger partial charge in [0.15, 0.2) is 11.5 Å². The van der Waals surface area contributed by atoms with Gasteiger partial charge in [-0.05, 0) is 48.5 Å². The molecule has 150 valence electrons. The van der Waals surface area contributed by atoms with Crippen LogP contribution in [0.5, 0.6) is 11.5 Å². The number of aromatic nitrogens is 1. The number of amides is 1. The van der Waals surface area contributed by atoms with E-state index < -0.39 is 0 Å². The van der Waals surface area contributed by atoms with E-state index in [2.05, 4.69) is 15.6 Å². The van der Waals surface area contributed by atoms with Gasteiger partial charge in [0.05, 0.1) is 26.1 Å². The first kappa shape index (κ1) is 20.0. The fourth-order valence-electron chi connectivity index (χ4n) is 2.72. The van der Waals surface area contributed by atoms with E-state index in [1.807, 2.05) is 61.5 Å². The molecule has 0 unspecified atom stereocenters. The minimum atomic E-state index is -0.264. The lowest BCUT2D eigenvalue weighted by atomic mass is 10.2. The Balaban J connectivity index is 1.65. The molecular weight excluding hydrogens is 368 g/mol. The summed E-state index contributed by atoms with van der Waals surface area (Å²) in [5, 5.41) is 6.08. The standard InChI is InChI=1S/C22H24N4O3/c1-26(2)18-9-5-15(6-10-18)25-22(27)19-11-7-17(14-23-19)24-16-8-12-20(28-3)21(13-16)29-4/h5-14,24H,1-4H3,(H,25,27). The minimum absolute atomic E-state index is 0.264. The van der Waals surface area contributed by atoms with Crippen molar-refractivity contribution in [1.29, 1.82) is 0 Å². The SMILES string of the molecule is COc1ccc(Nc2ccc(C(=O)Nc3ccc(N(C)C)cc3)nc2)cc1OC. The fraction of sp³-hybridized carbons (Fsp3) is 0.182. The largest absolute Gasteiger partial charge is 0.493 e. The van der Waals surface area contributed by atoms with Gasteiger partial charge in [0.1, 0.15) is 5.69 Å². The van der Waals surface area contributed by atoms with Crippen LogP contribution in [-0.4, -0.2) is 39.2 Å². The third-order valence-electron chi connectivity index (χ3n) is 4.31. The summed E-state index contributed by atoms with van der Waals surface area (Å²) < 4.78 is 10.5. The number of carbonyl (C=O) groups is 1. The molecule has 1 amide bonds. The predicted molar refractivity (Wildman–Crippen MR) is 116 cm³/mol. The molecule has 0 aliphatic carbocycles. The lowest BCUT2D eigenvalue weighted by Crippen LogP contribution is -2.14. The monoisotopic (exact) mass is 392 g/mol. The Hall–Kier alpha value is -3.74. The van der Waals surface area contributed by atoms with Crippen molar-refractivity contribution >= 4 is 28.7 Å². The first-order chi connectivity index (χ1) is 14.0. The van der Waals surface area contributed by atoms with Crippen LogP contribution in [0.2, 0.25) is 0 Å². The Morgan fingerprint density at radius 2 is 1.52 bits per heavy atom. The van der Waals surface area contributed by atoms with Crippen LogP contribution in [0.25, 0.3) is 0 Å². The number of rotatable bonds is 7. The highest BCUT2D eigenvalue weighted by atomic mass is 16.5. The molecule has 0 aliphatic heterocycles. The number of hydrogen-bond donors (Lipinski definition) is 2. The zero-order chi connectivity index (χ0) is 20.8. The Bertz CT molecular complexity index is 970. The number of ether oxygens (including phenoxy) is 2. The molecule has 0 saturated heterocycles. The van der Waals surface area contributed by atoms with E-state index in [-0.39, 0.29) is 5.91 Å². The first-order valence-corrected chi connectivity index (χ1v) is 9.04. The summed E-state index contributed by atoms with van der Waals surface area (Å²) in [6, 6.07) is 16.6. The van der Waals surface area contributed by atoms with Gasteiger partial charge >= 0.3 is 0 Å². The van der Waals surface area contributed by atoms with Gasteiger partial charge < -0.3 is 25.0 Å². The van der Waals surface area contributed by atoms with E-state index in [0.717, 1.165) is 22.7 Å². The Kier molecular flexibility index (Phi) is 6.19. The van der Waals surface area contributed by atoms with E-state index in [9.17, 15) is 4.79 Å². The van der Waals surface area contributed by atoms with Gasteiger partial charge in [-0.2, -0.15) is 0 Å². The van der Waals surface area contributed by atoms with Crippen molar-refractivity contribution in [3.8, 4) is 11.5 Å². The van der Waals surface area contributed by atoms with Crippen LogP contribution in [0.1, 0.15) is 10.5 Å². The molecule has 0 spiro atoms. The second kappa shape index (κ2) is 8.97. The second-order valence-electron chi connectivity index (χ2n) is 6.52. The Morgan fingerprint density at radius 1 is 0.862 bits per heavy atom. The van der Waals surface area contributed by atoms with Crippen molar-refractivity contribution in [3.63, 3.8) is 0 Å². The third-order valence-corrected chi connectivity index (χ3v) is 4.31. The van der Waals surface area contributed by atoms with Gasteiger partial charge in [-0.25, -0.2) is 4.98 Å². The maximum absolute atomic E-state index is 12.4. The maximum Gasteiger partial charge on any atom is 0.274 e. The molecule has 3 aromatic rings. The molecule has 2 N–H and O–H groups in total. The van der Waals surface area contributed by atoms with Crippen molar-refractivity contribution in [1.82, 2.24) is 4.98 Å². The molecule has 2 aromatic carbocycles. The van der Waals surface area contributed by atoms with Crippen LogP contribution >= 0.6 is 0 Å². The molecule has 7 heteroatoms. The van der Waals surface area contributed by atoms with Crippen molar-refractivity contribution < 1.29 is 14.3 Å². The van der Waals surface area contributed by atoms with Crippen molar-refractivity contribution in [2.45, 2.75) is 0 Å². The van der Waals surface area contributed by atoms with Crippen LogP contribution in [-0.2, 0) is 0 Å². The number of pyridine rings is 1. The quantitative estimate of drug-likeness (QED) is 0.629. The van der Waals surface area contributed by atoms with E-state index in [1.165, 1.54) is 0 Å². The highest BCUT2D eigenvalue weighted by Crippen LogP contribution is 2.31. The van der Waals surface area contributed by atoms with E-state index in [4.69, 9.17) is 9.47 Å².